The average molecular weight is 488 g/mol. The van der Waals surface area contributed by atoms with E-state index in [4.69, 9.17) is 10.00 Å². The van der Waals surface area contributed by atoms with E-state index >= 15 is 0 Å². The summed E-state index contributed by atoms with van der Waals surface area (Å²) in [7, 11) is 0. The van der Waals surface area contributed by atoms with Gasteiger partial charge in [0.2, 0.25) is 0 Å². The van der Waals surface area contributed by atoms with Crippen LogP contribution in [-0.4, -0.2) is 53.1 Å². The number of ether oxygens (including phenoxy) is 1. The van der Waals surface area contributed by atoms with E-state index in [0.717, 1.165) is 69.7 Å². The number of anilines is 1. The van der Waals surface area contributed by atoms with Crippen LogP contribution < -0.4 is 5.32 Å². The summed E-state index contributed by atoms with van der Waals surface area (Å²) in [6.45, 7) is 8.41. The van der Waals surface area contributed by atoms with Crippen molar-refractivity contribution in [2.45, 2.75) is 70.8 Å². The first-order chi connectivity index (χ1) is 17.4. The molecular formula is C29H37N5O2. The molecule has 0 bridgehead atoms. The molecule has 3 aliphatic rings. The zero-order valence-corrected chi connectivity index (χ0v) is 21.5. The van der Waals surface area contributed by atoms with Crippen LogP contribution >= 0.6 is 0 Å². The molecule has 0 spiro atoms. The molecular weight excluding hydrogens is 450 g/mol. The summed E-state index contributed by atoms with van der Waals surface area (Å²) in [5.41, 5.74) is 5.12. The smallest absolute Gasteiger partial charge is 0.291 e. The molecule has 1 aromatic heterocycles. The van der Waals surface area contributed by atoms with Crippen LogP contribution in [-0.2, 0) is 4.74 Å². The Labute approximate surface area is 213 Å². The molecule has 7 nitrogen and oxygen atoms in total. The Hall–Kier alpha value is -2.95. The molecule has 190 valence electrons. The van der Waals surface area contributed by atoms with Gasteiger partial charge in [-0.1, -0.05) is 32.1 Å². The lowest BCUT2D eigenvalue weighted by molar-refractivity contribution is 0.00730. The van der Waals surface area contributed by atoms with Gasteiger partial charge in [-0.2, -0.15) is 5.26 Å². The van der Waals surface area contributed by atoms with Gasteiger partial charge in [0.25, 0.3) is 5.91 Å². The largest absolute Gasteiger partial charge is 0.379 e. The molecule has 0 unspecified atom stereocenters. The summed E-state index contributed by atoms with van der Waals surface area (Å²) < 4.78 is 5.53. The van der Waals surface area contributed by atoms with E-state index in [0.29, 0.717) is 17.4 Å². The molecule has 0 atom stereocenters. The Morgan fingerprint density at radius 3 is 2.67 bits per heavy atom. The van der Waals surface area contributed by atoms with Gasteiger partial charge >= 0.3 is 0 Å². The number of carbonyl (C=O) groups excluding carboxylic acids is 1. The molecule has 2 aromatic rings. The van der Waals surface area contributed by atoms with Crippen molar-refractivity contribution in [2.75, 3.05) is 31.6 Å². The summed E-state index contributed by atoms with van der Waals surface area (Å²) in [5.74, 6) is 0.343. The normalized spacial score (nSPS) is 24.5. The molecule has 2 fully saturated rings. The van der Waals surface area contributed by atoms with E-state index in [1.807, 2.05) is 6.07 Å². The molecule has 0 radical (unpaired) electrons. The minimum absolute atomic E-state index is 0.160. The molecule has 2 heterocycles. The predicted molar refractivity (Wildman–Crippen MR) is 141 cm³/mol. The number of nitrogens with one attached hydrogen (secondary N) is 2. The summed E-state index contributed by atoms with van der Waals surface area (Å²) in [5, 5.41) is 12.2. The summed E-state index contributed by atoms with van der Waals surface area (Å²) in [6.07, 6.45) is 11.6. The Bertz CT molecular complexity index is 1160. The number of hydrogen-bond acceptors (Lipinski definition) is 5. The number of aromatic amines is 1. The van der Waals surface area contributed by atoms with Gasteiger partial charge < -0.3 is 15.0 Å². The van der Waals surface area contributed by atoms with Gasteiger partial charge in [0.15, 0.2) is 5.82 Å². The molecule has 1 amide bonds. The third-order valence-electron chi connectivity index (χ3n) is 8.25. The highest BCUT2D eigenvalue weighted by atomic mass is 16.5. The molecule has 1 saturated heterocycles. The maximum Gasteiger partial charge on any atom is 0.291 e. The van der Waals surface area contributed by atoms with Gasteiger partial charge in [0.05, 0.1) is 19.4 Å². The van der Waals surface area contributed by atoms with Crippen molar-refractivity contribution in [3.8, 4) is 6.07 Å². The van der Waals surface area contributed by atoms with Gasteiger partial charge in [-0.3, -0.25) is 9.69 Å². The standard InChI is InChI=1S/C29H37N5O2/c1-29(2)11-9-21(10-12-29)25-8-5-22(17-26(25)33-28(35)27-31-19-23(18-30)32-27)20-3-6-24(7-4-20)34-13-15-36-16-14-34/h5,8-9,17,19-20,24H,3-4,6-7,10-16H2,1-2H3,(H,31,32)(H,33,35). The summed E-state index contributed by atoms with van der Waals surface area (Å²) in [4.78, 5) is 22.5. The lowest BCUT2D eigenvalue weighted by Gasteiger charge is -2.39. The van der Waals surface area contributed by atoms with Crippen LogP contribution in [0.4, 0.5) is 5.69 Å². The number of nitrogens with zero attached hydrogens (tertiary/aromatic N) is 3. The highest BCUT2D eigenvalue weighted by Gasteiger charge is 2.29. The van der Waals surface area contributed by atoms with Crippen LogP contribution in [0.3, 0.4) is 0 Å². The summed E-state index contributed by atoms with van der Waals surface area (Å²) in [6, 6.07) is 9.31. The van der Waals surface area contributed by atoms with E-state index < -0.39 is 0 Å². The van der Waals surface area contributed by atoms with E-state index in [1.165, 1.54) is 30.2 Å². The van der Waals surface area contributed by atoms with Crippen molar-refractivity contribution in [1.29, 1.82) is 5.26 Å². The van der Waals surface area contributed by atoms with Crippen LogP contribution in [0.15, 0.2) is 30.5 Å². The molecule has 36 heavy (non-hydrogen) atoms. The number of aromatic nitrogens is 2. The third-order valence-corrected chi connectivity index (χ3v) is 8.25. The number of carbonyl (C=O) groups is 1. The average Bonchev–Trinajstić information content (AvgIpc) is 3.39. The number of nitriles is 1. The van der Waals surface area contributed by atoms with Gasteiger partial charge in [-0.25, -0.2) is 4.98 Å². The first-order valence-electron chi connectivity index (χ1n) is 13.3. The molecule has 1 aliphatic heterocycles. The number of imidazole rings is 1. The van der Waals surface area contributed by atoms with Gasteiger partial charge in [-0.15, -0.1) is 0 Å². The van der Waals surface area contributed by atoms with Crippen molar-refractivity contribution in [1.82, 2.24) is 14.9 Å². The second-order valence-corrected chi connectivity index (χ2v) is 11.3. The molecule has 1 saturated carbocycles. The number of benzene rings is 1. The van der Waals surface area contributed by atoms with Gasteiger partial charge in [0.1, 0.15) is 11.8 Å². The highest BCUT2D eigenvalue weighted by Crippen LogP contribution is 2.42. The Morgan fingerprint density at radius 2 is 2.00 bits per heavy atom. The van der Waals surface area contributed by atoms with Gasteiger partial charge in [0, 0.05) is 30.4 Å². The molecule has 7 heteroatoms. The van der Waals surface area contributed by atoms with Crippen molar-refractivity contribution in [2.24, 2.45) is 5.41 Å². The Kier molecular flexibility index (Phi) is 7.27. The van der Waals surface area contributed by atoms with Crippen LogP contribution in [0.1, 0.15) is 92.2 Å². The number of H-pyrrole nitrogens is 1. The van der Waals surface area contributed by atoms with Crippen LogP contribution in [0.25, 0.3) is 5.57 Å². The Balaban J connectivity index is 1.36. The van der Waals surface area contributed by atoms with Crippen molar-refractivity contribution in [3.63, 3.8) is 0 Å². The molecule has 2 N–H and O–H groups in total. The van der Waals surface area contributed by atoms with Crippen LogP contribution in [0, 0.1) is 16.7 Å². The fourth-order valence-corrected chi connectivity index (χ4v) is 5.91. The maximum atomic E-state index is 13.0. The lowest BCUT2D eigenvalue weighted by atomic mass is 9.76. The van der Waals surface area contributed by atoms with E-state index in [2.05, 4.69) is 58.3 Å². The first kappa shape index (κ1) is 24.7. The van der Waals surface area contributed by atoms with Crippen molar-refractivity contribution in [3.05, 3.63) is 53.1 Å². The summed E-state index contributed by atoms with van der Waals surface area (Å²) >= 11 is 0. The van der Waals surface area contributed by atoms with Crippen LogP contribution in [0.2, 0.25) is 0 Å². The second-order valence-electron chi connectivity index (χ2n) is 11.3. The quantitative estimate of drug-likeness (QED) is 0.582. The SMILES string of the molecule is CC1(C)CC=C(c2ccc(C3CCC(N4CCOCC4)CC3)cc2NC(=O)c2ncc(C#N)[nH]2)CC1. The number of allylic oxidation sites excluding steroid dienone is 2. The highest BCUT2D eigenvalue weighted by molar-refractivity contribution is 6.03. The number of hydrogen-bond donors (Lipinski definition) is 2. The number of morpholine rings is 1. The second kappa shape index (κ2) is 10.6. The number of amides is 1. The topological polar surface area (TPSA) is 94.0 Å². The van der Waals surface area contributed by atoms with Crippen molar-refractivity contribution < 1.29 is 9.53 Å². The molecule has 1 aromatic carbocycles. The van der Waals surface area contributed by atoms with Gasteiger partial charge in [-0.05, 0) is 73.5 Å². The first-order valence-corrected chi connectivity index (χ1v) is 13.3. The minimum atomic E-state index is -0.317. The molecule has 5 rings (SSSR count). The van der Waals surface area contributed by atoms with Crippen molar-refractivity contribution >= 4 is 17.2 Å². The maximum absolute atomic E-state index is 13.0. The van der Waals surface area contributed by atoms with Crippen LogP contribution in [0.5, 0.6) is 0 Å². The third kappa shape index (κ3) is 5.55. The number of rotatable bonds is 5. The van der Waals surface area contributed by atoms with E-state index in [1.54, 1.807) is 0 Å². The monoisotopic (exact) mass is 487 g/mol. The minimum Gasteiger partial charge on any atom is -0.379 e. The van der Waals surface area contributed by atoms with E-state index in [9.17, 15) is 4.79 Å². The zero-order chi connectivity index (χ0) is 25.1. The Morgan fingerprint density at radius 1 is 1.22 bits per heavy atom. The fourth-order valence-electron chi connectivity index (χ4n) is 5.91. The lowest BCUT2D eigenvalue weighted by Crippen LogP contribution is -2.44. The predicted octanol–water partition coefficient (Wildman–Crippen LogP) is 5.49. The molecule has 2 aliphatic carbocycles. The fraction of sp³-hybridized carbons (Fsp3) is 0.552. The zero-order valence-electron chi connectivity index (χ0n) is 21.5. The van der Waals surface area contributed by atoms with E-state index in [-0.39, 0.29) is 17.4 Å².